The van der Waals surface area contributed by atoms with Gasteiger partial charge < -0.3 is 13.3 Å². The Balaban J connectivity index is 2.76. The molecule has 23 heavy (non-hydrogen) atoms. The molecule has 0 radical (unpaired) electrons. The Bertz CT molecular complexity index is 531. The molecule has 0 fully saturated rings. The summed E-state index contributed by atoms with van der Waals surface area (Å²) >= 11 is 0. The van der Waals surface area contributed by atoms with Crippen LogP contribution in [0, 0.1) is 23.3 Å². The first-order chi connectivity index (χ1) is 10.8. The number of nitrogens with zero attached hydrogens (tertiary/aromatic N) is 1. The molecule has 0 unspecified atom stereocenters. The SMILES string of the molecule is CCO[Si](CCCN(F)c1cc(F)c(F)c(F)c1F)(OC)OC. The first-order valence-corrected chi connectivity index (χ1v) is 8.75. The fourth-order valence-electron chi connectivity index (χ4n) is 1.99. The molecule has 10 heteroatoms. The lowest BCUT2D eigenvalue weighted by Crippen LogP contribution is -2.44. The van der Waals surface area contributed by atoms with Crippen molar-refractivity contribution in [2.45, 2.75) is 19.4 Å². The van der Waals surface area contributed by atoms with Gasteiger partial charge in [-0.05, 0) is 13.3 Å². The molecule has 0 spiro atoms. The number of hydrogen-bond acceptors (Lipinski definition) is 4. The van der Waals surface area contributed by atoms with Crippen LogP contribution in [0.5, 0.6) is 0 Å². The van der Waals surface area contributed by atoms with E-state index in [1.165, 1.54) is 14.2 Å². The van der Waals surface area contributed by atoms with Gasteiger partial charge in [0.15, 0.2) is 23.3 Å². The van der Waals surface area contributed by atoms with Crippen LogP contribution < -0.4 is 5.12 Å². The minimum absolute atomic E-state index is 0.102. The number of anilines is 1. The molecule has 4 nitrogen and oxygen atoms in total. The zero-order chi connectivity index (χ0) is 17.6. The van der Waals surface area contributed by atoms with Gasteiger partial charge in [-0.3, -0.25) is 0 Å². The van der Waals surface area contributed by atoms with Gasteiger partial charge in [-0.1, -0.05) is 4.48 Å². The smallest absolute Gasteiger partial charge is 0.377 e. The third-order valence-corrected chi connectivity index (χ3v) is 6.11. The molecule has 0 aliphatic carbocycles. The summed E-state index contributed by atoms with van der Waals surface area (Å²) in [6.45, 7) is 1.66. The lowest BCUT2D eigenvalue weighted by atomic mass is 10.2. The molecule has 0 aliphatic rings. The van der Waals surface area contributed by atoms with E-state index >= 15 is 0 Å². The minimum atomic E-state index is -2.95. The van der Waals surface area contributed by atoms with Gasteiger partial charge in [0.25, 0.3) is 0 Å². The Kier molecular flexibility index (Phi) is 7.38. The van der Waals surface area contributed by atoms with E-state index in [-0.39, 0.29) is 23.7 Å². The summed E-state index contributed by atoms with van der Waals surface area (Å²) in [5.41, 5.74) is -1.01. The van der Waals surface area contributed by atoms with Crippen molar-refractivity contribution in [2.75, 3.05) is 32.5 Å². The summed E-state index contributed by atoms with van der Waals surface area (Å²) in [7, 11) is -0.167. The van der Waals surface area contributed by atoms with Crippen LogP contribution >= 0.6 is 0 Å². The molecule has 0 saturated carbocycles. The van der Waals surface area contributed by atoms with Gasteiger partial charge in [-0.2, -0.15) is 0 Å². The second-order valence-electron chi connectivity index (χ2n) is 4.53. The highest BCUT2D eigenvalue weighted by Gasteiger charge is 2.38. The summed E-state index contributed by atoms with van der Waals surface area (Å²) in [5.74, 6) is -7.51. The second-order valence-corrected chi connectivity index (χ2v) is 7.50. The molecule has 0 N–H and O–H groups in total. The maximum Gasteiger partial charge on any atom is 0.500 e. The van der Waals surface area contributed by atoms with Crippen molar-refractivity contribution in [1.29, 1.82) is 0 Å². The van der Waals surface area contributed by atoms with E-state index in [2.05, 4.69) is 0 Å². The van der Waals surface area contributed by atoms with E-state index < -0.39 is 44.3 Å². The van der Waals surface area contributed by atoms with E-state index in [4.69, 9.17) is 13.3 Å². The van der Waals surface area contributed by atoms with E-state index in [9.17, 15) is 22.0 Å². The molecule has 0 heterocycles. The predicted octanol–water partition coefficient (Wildman–Crippen LogP) is 3.59. The van der Waals surface area contributed by atoms with Crippen molar-refractivity contribution in [2.24, 2.45) is 0 Å². The summed E-state index contributed by atoms with van der Waals surface area (Å²) in [4.78, 5) is 0. The topological polar surface area (TPSA) is 30.9 Å². The van der Waals surface area contributed by atoms with Gasteiger partial charge in [0.2, 0.25) is 0 Å². The first kappa shape index (κ1) is 19.8. The van der Waals surface area contributed by atoms with Crippen LogP contribution in [0.2, 0.25) is 6.04 Å². The highest BCUT2D eigenvalue weighted by Crippen LogP contribution is 2.27. The number of rotatable bonds is 9. The molecule has 0 amide bonds. The largest absolute Gasteiger partial charge is 0.500 e. The van der Waals surface area contributed by atoms with Crippen LogP contribution in [0.1, 0.15) is 13.3 Å². The van der Waals surface area contributed by atoms with E-state index in [0.29, 0.717) is 6.61 Å². The number of halogens is 5. The van der Waals surface area contributed by atoms with Crippen LogP contribution in [0.3, 0.4) is 0 Å². The molecule has 1 aromatic carbocycles. The molecule has 0 atom stereocenters. The van der Waals surface area contributed by atoms with Crippen LogP contribution in [0.4, 0.5) is 27.7 Å². The molecule has 0 aromatic heterocycles. The molecular weight excluding hydrogens is 341 g/mol. The van der Waals surface area contributed by atoms with Gasteiger partial charge in [0.1, 0.15) is 5.69 Å². The zero-order valence-electron chi connectivity index (χ0n) is 13.0. The summed E-state index contributed by atoms with van der Waals surface area (Å²) in [6.07, 6.45) is 0.102. The average Bonchev–Trinajstić information content (AvgIpc) is 2.55. The quantitative estimate of drug-likeness (QED) is 0.222. The number of benzene rings is 1. The average molecular weight is 359 g/mol. The predicted molar refractivity (Wildman–Crippen MR) is 75.6 cm³/mol. The van der Waals surface area contributed by atoms with Crippen molar-refractivity contribution in [3.8, 4) is 0 Å². The Hall–Kier alpha value is -1.23. The Morgan fingerprint density at radius 3 is 2.17 bits per heavy atom. The maximum atomic E-state index is 13.9. The van der Waals surface area contributed by atoms with Crippen molar-refractivity contribution in [3.63, 3.8) is 0 Å². The van der Waals surface area contributed by atoms with Crippen molar-refractivity contribution >= 4 is 14.5 Å². The van der Waals surface area contributed by atoms with Crippen LogP contribution in [0.25, 0.3) is 0 Å². The van der Waals surface area contributed by atoms with Gasteiger partial charge in [0.05, 0.1) is 6.54 Å². The molecule has 1 aromatic rings. The highest BCUT2D eigenvalue weighted by atomic mass is 28.4. The van der Waals surface area contributed by atoms with Crippen molar-refractivity contribution in [1.82, 2.24) is 0 Å². The van der Waals surface area contributed by atoms with Crippen molar-refractivity contribution < 1.29 is 35.3 Å². The lowest BCUT2D eigenvalue weighted by Gasteiger charge is -2.26. The zero-order valence-corrected chi connectivity index (χ0v) is 14.0. The third-order valence-electron chi connectivity index (χ3n) is 3.17. The van der Waals surface area contributed by atoms with E-state index in [1.54, 1.807) is 6.92 Å². The molecule has 132 valence electrons. The molecule has 0 bridgehead atoms. The molecule has 1 rings (SSSR count). The minimum Gasteiger partial charge on any atom is -0.377 e. The fraction of sp³-hybridized carbons (Fsp3) is 0.538. The molecular formula is C13H18F5NO3Si. The lowest BCUT2D eigenvalue weighted by molar-refractivity contribution is 0.103. The standard InChI is InChI=1S/C13H18F5NO3Si/c1-4-22-23(20-2,21-3)7-5-6-19(18)10-8-9(14)11(15)13(17)12(10)16/h8H,4-7H2,1-3H3. The van der Waals surface area contributed by atoms with Gasteiger partial charge in [-0.15, -0.1) is 0 Å². The first-order valence-electron chi connectivity index (χ1n) is 6.82. The monoisotopic (exact) mass is 359 g/mol. The summed E-state index contributed by atoms with van der Waals surface area (Å²) < 4.78 is 82.2. The van der Waals surface area contributed by atoms with E-state index in [0.717, 1.165) is 0 Å². The Labute approximate surface area is 132 Å². The van der Waals surface area contributed by atoms with Gasteiger partial charge in [-0.25, -0.2) is 22.7 Å². The van der Waals surface area contributed by atoms with Gasteiger partial charge >= 0.3 is 8.80 Å². The third kappa shape index (κ3) is 4.63. The normalized spacial score (nSPS) is 11.8. The fourth-order valence-corrected chi connectivity index (χ4v) is 3.98. The molecule has 0 aliphatic heterocycles. The van der Waals surface area contributed by atoms with Crippen LogP contribution in [-0.4, -0.2) is 36.2 Å². The van der Waals surface area contributed by atoms with Crippen molar-refractivity contribution in [3.05, 3.63) is 29.3 Å². The Morgan fingerprint density at radius 1 is 1.04 bits per heavy atom. The van der Waals surface area contributed by atoms with Crippen LogP contribution in [0.15, 0.2) is 6.07 Å². The summed E-state index contributed by atoms with van der Waals surface area (Å²) in [6, 6.07) is 0.468. The number of hydrogen-bond donors (Lipinski definition) is 0. The van der Waals surface area contributed by atoms with Gasteiger partial charge in [0, 0.05) is 32.9 Å². The Morgan fingerprint density at radius 2 is 1.65 bits per heavy atom. The van der Waals surface area contributed by atoms with Crippen LogP contribution in [-0.2, 0) is 13.3 Å². The maximum absolute atomic E-state index is 13.9. The van der Waals surface area contributed by atoms with E-state index in [1.807, 2.05) is 0 Å². The highest BCUT2D eigenvalue weighted by molar-refractivity contribution is 6.60. The molecule has 0 saturated heterocycles. The summed E-state index contributed by atoms with van der Waals surface area (Å²) in [5, 5.41) is -0.197. The second kappa shape index (κ2) is 8.57.